The fraction of sp³-hybridized carbons (Fsp3) is 0.167. The third-order valence-corrected chi connectivity index (χ3v) is 2.43. The molecule has 3 nitrogen and oxygen atoms in total. The number of nitrogens with zero attached hydrogens (tertiary/aromatic N) is 1. The van der Waals surface area contributed by atoms with Gasteiger partial charge in [-0.2, -0.15) is 0 Å². The van der Waals surface area contributed by atoms with Crippen molar-refractivity contribution in [2.24, 2.45) is 0 Å². The molecule has 0 aromatic carbocycles. The van der Waals surface area contributed by atoms with Crippen molar-refractivity contribution in [3.05, 3.63) is 13.5 Å². The molecule has 1 aromatic rings. The molecule has 0 unspecified atom stereocenters. The summed E-state index contributed by atoms with van der Waals surface area (Å²) in [6.07, 6.45) is -4.75. The molecule has 14 heavy (non-hydrogen) atoms. The van der Waals surface area contributed by atoms with E-state index in [4.69, 9.17) is 5.73 Å². The highest BCUT2D eigenvalue weighted by atomic mass is 127. The van der Waals surface area contributed by atoms with Crippen LogP contribution in [0.2, 0.25) is 0 Å². The Kier molecular flexibility index (Phi) is 3.66. The monoisotopic (exact) mass is 430 g/mol. The van der Waals surface area contributed by atoms with Gasteiger partial charge in [-0.3, -0.25) is 0 Å². The van der Waals surface area contributed by atoms with E-state index in [0.717, 1.165) is 0 Å². The van der Waals surface area contributed by atoms with Crippen LogP contribution in [0, 0.1) is 7.40 Å². The summed E-state index contributed by atoms with van der Waals surface area (Å²) >= 11 is 3.48. The first-order valence-electron chi connectivity index (χ1n) is 3.17. The van der Waals surface area contributed by atoms with Crippen LogP contribution >= 0.6 is 45.2 Å². The van der Waals surface area contributed by atoms with Crippen LogP contribution in [-0.4, -0.2) is 11.3 Å². The molecule has 0 saturated heterocycles. The van der Waals surface area contributed by atoms with E-state index in [9.17, 15) is 13.2 Å². The van der Waals surface area contributed by atoms with Gasteiger partial charge in [-0.1, -0.05) is 0 Å². The number of rotatable bonds is 1. The first-order valence-corrected chi connectivity index (χ1v) is 5.32. The molecule has 2 N–H and O–H groups in total. The maximum absolute atomic E-state index is 11.9. The number of nitrogens with two attached hydrogens (primary N) is 1. The van der Waals surface area contributed by atoms with Crippen LogP contribution in [0.4, 0.5) is 18.9 Å². The number of anilines is 1. The Morgan fingerprint density at radius 2 is 1.93 bits per heavy atom. The van der Waals surface area contributed by atoms with Crippen LogP contribution in [0.15, 0.2) is 6.07 Å². The Labute approximate surface area is 104 Å². The maximum atomic E-state index is 11.9. The summed E-state index contributed by atoms with van der Waals surface area (Å²) in [5.41, 5.74) is 5.28. The van der Waals surface area contributed by atoms with Crippen molar-refractivity contribution >= 4 is 50.9 Å². The van der Waals surface area contributed by atoms with Gasteiger partial charge in [0, 0.05) is 0 Å². The number of aromatic nitrogens is 1. The SMILES string of the molecule is Nc1cc(I)nc(I)c1OC(F)(F)F. The lowest BCUT2D eigenvalue weighted by molar-refractivity contribution is -0.274. The van der Waals surface area contributed by atoms with E-state index in [2.05, 4.69) is 9.72 Å². The van der Waals surface area contributed by atoms with Gasteiger partial charge in [-0.05, 0) is 51.2 Å². The van der Waals surface area contributed by atoms with Crippen molar-refractivity contribution in [1.29, 1.82) is 0 Å². The number of ether oxygens (including phenoxy) is 1. The second kappa shape index (κ2) is 4.24. The van der Waals surface area contributed by atoms with Crippen molar-refractivity contribution in [2.75, 3.05) is 5.73 Å². The summed E-state index contributed by atoms with van der Waals surface area (Å²) in [6, 6.07) is 1.31. The predicted molar refractivity (Wildman–Crippen MR) is 60.8 cm³/mol. The molecule has 0 aliphatic heterocycles. The molecule has 1 heterocycles. The molecule has 0 atom stereocenters. The zero-order valence-electron chi connectivity index (χ0n) is 6.40. The van der Waals surface area contributed by atoms with Crippen LogP contribution in [0.5, 0.6) is 5.75 Å². The molecule has 8 heteroatoms. The minimum atomic E-state index is -4.75. The van der Waals surface area contributed by atoms with Gasteiger partial charge in [-0.25, -0.2) is 4.98 Å². The summed E-state index contributed by atoms with van der Waals surface area (Å²) in [5.74, 6) is -0.446. The predicted octanol–water partition coefficient (Wildman–Crippen LogP) is 2.77. The number of nitrogen functional groups attached to an aromatic ring is 1. The number of alkyl halides is 3. The number of halogens is 5. The Morgan fingerprint density at radius 3 is 2.36 bits per heavy atom. The normalized spacial score (nSPS) is 11.5. The molecular weight excluding hydrogens is 427 g/mol. The van der Waals surface area contributed by atoms with Gasteiger partial charge >= 0.3 is 6.36 Å². The molecule has 0 radical (unpaired) electrons. The highest BCUT2D eigenvalue weighted by molar-refractivity contribution is 14.1. The zero-order valence-corrected chi connectivity index (χ0v) is 10.7. The molecule has 0 saturated carbocycles. The molecule has 0 aliphatic carbocycles. The lowest BCUT2D eigenvalue weighted by Crippen LogP contribution is -2.19. The molecule has 78 valence electrons. The summed E-state index contributed by atoms with van der Waals surface area (Å²) < 4.78 is 40.0. The number of hydrogen-bond donors (Lipinski definition) is 1. The highest BCUT2D eigenvalue weighted by Crippen LogP contribution is 2.32. The first kappa shape index (κ1) is 12.1. The van der Waals surface area contributed by atoms with Crippen molar-refractivity contribution < 1.29 is 17.9 Å². The first-order chi connectivity index (χ1) is 6.29. The van der Waals surface area contributed by atoms with Gasteiger partial charge in [0.1, 0.15) is 7.40 Å². The Morgan fingerprint density at radius 1 is 1.36 bits per heavy atom. The van der Waals surface area contributed by atoms with E-state index in [-0.39, 0.29) is 9.39 Å². The van der Waals surface area contributed by atoms with Crippen molar-refractivity contribution in [1.82, 2.24) is 4.98 Å². The second-order valence-electron chi connectivity index (χ2n) is 2.20. The molecule has 0 fully saturated rings. The van der Waals surface area contributed by atoms with Gasteiger partial charge in [0.25, 0.3) is 0 Å². The Hall–Kier alpha value is -0.000000000000000222. The average Bonchev–Trinajstić information content (AvgIpc) is 1.95. The van der Waals surface area contributed by atoms with Crippen LogP contribution in [0.1, 0.15) is 0 Å². The van der Waals surface area contributed by atoms with Crippen LogP contribution in [0.3, 0.4) is 0 Å². The third kappa shape index (κ3) is 3.29. The number of pyridine rings is 1. The average molecular weight is 430 g/mol. The fourth-order valence-corrected chi connectivity index (χ4v) is 2.43. The minimum absolute atomic E-state index is 0.0777. The van der Waals surface area contributed by atoms with E-state index in [1.165, 1.54) is 6.07 Å². The van der Waals surface area contributed by atoms with Crippen LogP contribution < -0.4 is 10.5 Å². The number of hydrogen-bond acceptors (Lipinski definition) is 3. The smallest absolute Gasteiger partial charge is 0.401 e. The Balaban J connectivity index is 3.09. The molecule has 1 rings (SSSR count). The summed E-state index contributed by atoms with van der Waals surface area (Å²) in [5, 5.41) is 0. The van der Waals surface area contributed by atoms with Crippen molar-refractivity contribution in [3.63, 3.8) is 0 Å². The minimum Gasteiger partial charge on any atom is -0.401 e. The van der Waals surface area contributed by atoms with Crippen molar-refractivity contribution in [3.8, 4) is 5.75 Å². The van der Waals surface area contributed by atoms with E-state index >= 15 is 0 Å². The van der Waals surface area contributed by atoms with E-state index in [1.807, 2.05) is 22.6 Å². The second-order valence-corrected chi connectivity index (χ2v) is 4.33. The molecule has 0 amide bonds. The van der Waals surface area contributed by atoms with E-state index < -0.39 is 12.1 Å². The quantitative estimate of drug-likeness (QED) is 0.551. The topological polar surface area (TPSA) is 48.1 Å². The van der Waals surface area contributed by atoms with Gasteiger partial charge < -0.3 is 10.5 Å². The highest BCUT2D eigenvalue weighted by Gasteiger charge is 2.33. The Bertz CT molecular complexity index is 332. The summed E-state index contributed by atoms with van der Waals surface area (Å²) in [7, 11) is 0. The van der Waals surface area contributed by atoms with E-state index in [0.29, 0.717) is 3.70 Å². The van der Waals surface area contributed by atoms with Crippen LogP contribution in [0.25, 0.3) is 0 Å². The van der Waals surface area contributed by atoms with Gasteiger partial charge in [0.05, 0.1) is 5.69 Å². The zero-order chi connectivity index (χ0) is 10.9. The fourth-order valence-electron chi connectivity index (χ4n) is 0.707. The van der Waals surface area contributed by atoms with E-state index in [1.54, 1.807) is 22.6 Å². The van der Waals surface area contributed by atoms with Gasteiger partial charge in [0.15, 0.2) is 5.75 Å². The van der Waals surface area contributed by atoms with Gasteiger partial charge in [0.2, 0.25) is 0 Å². The van der Waals surface area contributed by atoms with Gasteiger partial charge in [-0.15, -0.1) is 13.2 Å². The van der Waals surface area contributed by atoms with Crippen molar-refractivity contribution in [2.45, 2.75) is 6.36 Å². The lowest BCUT2D eigenvalue weighted by Gasteiger charge is -2.12. The molecule has 0 spiro atoms. The molecule has 0 bridgehead atoms. The summed E-state index contributed by atoms with van der Waals surface area (Å²) in [6.45, 7) is 0. The van der Waals surface area contributed by atoms with Crippen LogP contribution in [-0.2, 0) is 0 Å². The molecular formula is C6H3F3I2N2O. The maximum Gasteiger partial charge on any atom is 0.573 e. The molecule has 1 aromatic heterocycles. The summed E-state index contributed by atoms with van der Waals surface area (Å²) in [4.78, 5) is 3.79. The molecule has 0 aliphatic rings. The largest absolute Gasteiger partial charge is 0.573 e. The third-order valence-electron chi connectivity index (χ3n) is 1.15. The lowest BCUT2D eigenvalue weighted by atomic mass is 10.4. The standard InChI is InChI=1S/C6H3F3I2N2O/c7-6(8,9)14-4-2(12)1-3(10)13-5(4)11/h1H,(H2,12,13).